The highest BCUT2D eigenvalue weighted by Gasteiger charge is 2.40. The van der Waals surface area contributed by atoms with E-state index in [1.54, 1.807) is 0 Å². The van der Waals surface area contributed by atoms with E-state index in [0.29, 0.717) is 34.4 Å². The zero-order valence-corrected chi connectivity index (χ0v) is 37.7. The molecule has 2 atom stereocenters. The van der Waals surface area contributed by atoms with Crippen LogP contribution in [0.15, 0.2) is 95.4 Å². The van der Waals surface area contributed by atoms with E-state index in [1.165, 1.54) is 25.0 Å². The molecule has 2 aliphatic rings. The molecule has 2 amide bonds. The van der Waals surface area contributed by atoms with Gasteiger partial charge in [-0.2, -0.15) is 4.58 Å². The number of unbranched alkanes of at least 4 members (excludes halogenated alkanes) is 2. The van der Waals surface area contributed by atoms with Crippen molar-refractivity contribution in [3.63, 3.8) is 0 Å². The Morgan fingerprint density at radius 1 is 0.750 bits per heavy atom. The molecule has 3 aromatic rings. The van der Waals surface area contributed by atoms with Crippen molar-refractivity contribution in [3.8, 4) is 0 Å². The summed E-state index contributed by atoms with van der Waals surface area (Å²) in [6.07, 6.45) is 14.6. The van der Waals surface area contributed by atoms with Gasteiger partial charge in [-0.05, 0) is 94.8 Å². The number of aryl methyl sites for hydroxylation is 4. The molecule has 0 heterocycles. The van der Waals surface area contributed by atoms with Gasteiger partial charge < -0.3 is 20.6 Å². The number of nitrogens with one attached hydrogen (secondary N) is 2. The number of aliphatic hydroxyl groups excluding tert-OH is 1. The molecular weight excluding hydrogens is 745 g/mol. The lowest BCUT2D eigenvalue weighted by Gasteiger charge is -2.32. The van der Waals surface area contributed by atoms with Gasteiger partial charge in [-0.15, -0.1) is 0 Å². The molecule has 60 heavy (non-hydrogen) atoms. The minimum atomic E-state index is -0.361. The van der Waals surface area contributed by atoms with Crippen LogP contribution in [0.3, 0.4) is 0 Å². The third-order valence-electron chi connectivity index (χ3n) is 12.0. The fourth-order valence-electron chi connectivity index (χ4n) is 8.58. The van der Waals surface area contributed by atoms with Crippen molar-refractivity contribution in [3.05, 3.63) is 123 Å². The summed E-state index contributed by atoms with van der Waals surface area (Å²) in [7, 11) is 0. The molecule has 5 rings (SSSR count). The van der Waals surface area contributed by atoms with E-state index in [-0.39, 0.29) is 34.5 Å². The highest BCUT2D eigenvalue weighted by molar-refractivity contribution is 6.40. The van der Waals surface area contributed by atoms with E-state index in [1.807, 2.05) is 36.4 Å². The number of hydrogen-bond acceptors (Lipinski definition) is 5. The lowest BCUT2D eigenvalue weighted by atomic mass is 9.78. The molecule has 0 fully saturated rings. The van der Waals surface area contributed by atoms with Crippen molar-refractivity contribution in [2.75, 3.05) is 23.3 Å². The molecule has 0 aromatic heterocycles. The predicted molar refractivity (Wildman–Crippen MR) is 249 cm³/mol. The minimum absolute atomic E-state index is 0.129. The smallest absolute Gasteiger partial charge is 0.221 e. The molecule has 0 saturated heterocycles. The maximum absolute atomic E-state index is 14.4. The third-order valence-corrected chi connectivity index (χ3v) is 12.0. The summed E-state index contributed by atoms with van der Waals surface area (Å²) >= 11 is 0. The molecule has 2 aliphatic carbocycles. The molecule has 8 heteroatoms. The van der Waals surface area contributed by atoms with E-state index in [0.717, 1.165) is 98.4 Å². The Labute approximate surface area is 358 Å². The van der Waals surface area contributed by atoms with Crippen LogP contribution in [0.2, 0.25) is 0 Å². The number of rotatable bonds is 18. The SMILES string of the molecule is CCCCC(CC)CN(c1ccc(C2=C(O)/C(=C3\C=CC(=[N+](CC(CC)CCCC)c4ccc(C)cc4C)C=C3NC(C)=O)C2=O)c(NC(C)=O)c1)c1ccc(C)cc1C. The lowest BCUT2D eigenvalue weighted by Crippen LogP contribution is -2.30. The van der Waals surface area contributed by atoms with Gasteiger partial charge in [0.05, 0.1) is 22.5 Å². The van der Waals surface area contributed by atoms with Crippen LogP contribution in [-0.4, -0.2) is 46.1 Å². The summed E-state index contributed by atoms with van der Waals surface area (Å²) in [6.45, 7) is 21.8. The summed E-state index contributed by atoms with van der Waals surface area (Å²) < 4.78 is 2.32. The molecule has 0 aliphatic heterocycles. The number of allylic oxidation sites excluding steroid dienone is 5. The zero-order valence-electron chi connectivity index (χ0n) is 37.7. The fourth-order valence-corrected chi connectivity index (χ4v) is 8.58. The van der Waals surface area contributed by atoms with Crippen molar-refractivity contribution < 1.29 is 24.1 Å². The number of carbonyl (C=O) groups excluding carboxylic acids is 3. The van der Waals surface area contributed by atoms with Gasteiger partial charge in [0.25, 0.3) is 0 Å². The Balaban J connectivity index is 1.63. The molecule has 2 unspecified atom stereocenters. The van der Waals surface area contributed by atoms with Crippen molar-refractivity contribution >= 4 is 51.6 Å². The lowest BCUT2D eigenvalue weighted by molar-refractivity contribution is -0.449. The quantitative estimate of drug-likeness (QED) is 0.0877. The molecule has 0 spiro atoms. The van der Waals surface area contributed by atoms with Crippen LogP contribution in [0.5, 0.6) is 0 Å². The first kappa shape index (κ1) is 45.6. The minimum Gasteiger partial charge on any atom is -0.506 e. The van der Waals surface area contributed by atoms with Crippen molar-refractivity contribution in [1.29, 1.82) is 0 Å². The van der Waals surface area contributed by atoms with E-state index < -0.39 is 0 Å². The second kappa shape index (κ2) is 20.7. The summed E-state index contributed by atoms with van der Waals surface area (Å²) in [6, 6.07) is 18.6. The number of carbonyl (C=O) groups is 3. The average Bonchev–Trinajstić information content (AvgIpc) is 3.20. The zero-order chi connectivity index (χ0) is 43.7. The number of aliphatic hydroxyl groups is 1. The first-order valence-electron chi connectivity index (χ1n) is 22.1. The predicted octanol–water partition coefficient (Wildman–Crippen LogP) is 12.0. The van der Waals surface area contributed by atoms with Gasteiger partial charge in [0.2, 0.25) is 29.0 Å². The first-order chi connectivity index (χ1) is 28.7. The van der Waals surface area contributed by atoms with E-state index >= 15 is 0 Å². The fraction of sp³-hybridized carbons (Fsp3) is 0.423. The maximum atomic E-state index is 14.4. The molecule has 8 nitrogen and oxygen atoms in total. The second-order valence-electron chi connectivity index (χ2n) is 16.9. The normalized spacial score (nSPS) is 16.9. The molecule has 318 valence electrons. The van der Waals surface area contributed by atoms with Crippen LogP contribution in [0, 0.1) is 39.5 Å². The number of hydrogen-bond donors (Lipinski definition) is 3. The number of Topliss-reactive ketones (excluding diaryl/α,β-unsaturated/α-hetero) is 1. The van der Waals surface area contributed by atoms with E-state index in [9.17, 15) is 19.5 Å². The molecule has 0 bridgehead atoms. The topological polar surface area (TPSA) is 102 Å². The summed E-state index contributed by atoms with van der Waals surface area (Å²) in [4.78, 5) is 42.1. The van der Waals surface area contributed by atoms with E-state index in [2.05, 4.69) is 112 Å². The summed E-state index contributed by atoms with van der Waals surface area (Å²) in [5.41, 5.74) is 10.6. The van der Waals surface area contributed by atoms with Crippen LogP contribution in [0.25, 0.3) is 5.57 Å². The van der Waals surface area contributed by atoms with E-state index in [4.69, 9.17) is 0 Å². The van der Waals surface area contributed by atoms with Crippen molar-refractivity contribution in [1.82, 2.24) is 5.32 Å². The van der Waals surface area contributed by atoms with Crippen LogP contribution >= 0.6 is 0 Å². The van der Waals surface area contributed by atoms with Crippen LogP contribution in [-0.2, 0) is 14.4 Å². The van der Waals surface area contributed by atoms with Crippen LogP contribution in [0.1, 0.15) is 121 Å². The largest absolute Gasteiger partial charge is 0.506 e. The molecule has 0 saturated carbocycles. The van der Waals surface area contributed by atoms with Gasteiger partial charge >= 0.3 is 0 Å². The van der Waals surface area contributed by atoms with Crippen LogP contribution < -0.4 is 15.5 Å². The second-order valence-corrected chi connectivity index (χ2v) is 16.9. The maximum Gasteiger partial charge on any atom is 0.221 e. The van der Waals surface area contributed by atoms with Gasteiger partial charge in [0.1, 0.15) is 5.76 Å². The Morgan fingerprint density at radius 2 is 1.38 bits per heavy atom. The monoisotopic (exact) mass is 812 g/mol. The molecule has 3 aromatic carbocycles. The van der Waals surface area contributed by atoms with Gasteiger partial charge in [-0.25, -0.2) is 0 Å². The Morgan fingerprint density at radius 3 is 1.97 bits per heavy atom. The molecular formula is C52H67N4O4+. The van der Waals surface area contributed by atoms with Crippen molar-refractivity contribution in [2.45, 2.75) is 121 Å². The number of amides is 2. The Kier molecular flexibility index (Phi) is 15.7. The van der Waals surface area contributed by atoms with Gasteiger partial charge in [-0.3, -0.25) is 14.4 Å². The number of nitrogens with zero attached hydrogens (tertiary/aromatic N) is 2. The average molecular weight is 812 g/mol. The Bertz CT molecular complexity index is 2270. The van der Waals surface area contributed by atoms with Crippen LogP contribution in [0.4, 0.5) is 22.7 Å². The summed E-state index contributed by atoms with van der Waals surface area (Å²) in [5.74, 6) is -0.189. The number of benzene rings is 3. The summed E-state index contributed by atoms with van der Waals surface area (Å²) in [5, 5.41) is 17.8. The Hall–Kier alpha value is -5.50. The standard InChI is InChI=1S/C52H66N4O4/c1-11-15-17-39(13-3)31-55(47-25-19-33(5)27-35(47)7)41-21-23-43(45(29-41)53-37(9)57)49-51(59)50(52(49)60)44-24-22-42(30-46(44)54-38(10)58)56(32-40(14-4)18-16-12-2)48-26-20-34(6)28-36(48)8/h19-30,39-40H,11-18,31-32H2,1-10H3,(H2,53,54,57,58,59,60)/p+1. The highest BCUT2D eigenvalue weighted by atomic mass is 16.3. The number of anilines is 3. The first-order valence-corrected chi connectivity index (χ1v) is 22.1. The molecule has 3 N–H and O–H groups in total. The van der Waals surface area contributed by atoms with Gasteiger partial charge in [-0.1, -0.05) is 89.1 Å². The highest BCUT2D eigenvalue weighted by Crippen LogP contribution is 2.44. The van der Waals surface area contributed by atoms with Gasteiger partial charge in [0.15, 0.2) is 6.54 Å². The molecule has 0 radical (unpaired) electrons. The van der Waals surface area contributed by atoms with Crippen molar-refractivity contribution in [2.24, 2.45) is 11.8 Å². The van der Waals surface area contributed by atoms with Gasteiger partial charge in [0, 0.05) is 72.6 Å². The number of ketones is 1. The third kappa shape index (κ3) is 10.6.